The maximum atomic E-state index is 4.48. The zero-order chi connectivity index (χ0) is 18.5. The normalized spacial score (nSPS) is 11.0. The third kappa shape index (κ3) is 4.57. The molecule has 0 unspecified atom stereocenters. The highest BCUT2D eigenvalue weighted by atomic mass is 15.3. The predicted molar refractivity (Wildman–Crippen MR) is 107 cm³/mol. The minimum atomic E-state index is 0.464. The molecule has 0 atom stereocenters. The van der Waals surface area contributed by atoms with Crippen LogP contribution in [0, 0.1) is 0 Å². The standard InChI is InChI=1S/C21H25N5/c1-14(2)16-5-9-18(10-6-16)23-20-13-22-26-21(25-20)24-19-11-7-17(8-12-19)15(3)4/h5-15H,1-4H3,(H2,23,24,25,26). The van der Waals surface area contributed by atoms with Crippen molar-refractivity contribution in [1.29, 1.82) is 0 Å². The summed E-state index contributed by atoms with van der Waals surface area (Å²) in [5.41, 5.74) is 4.52. The van der Waals surface area contributed by atoms with E-state index in [4.69, 9.17) is 0 Å². The molecule has 2 N–H and O–H groups in total. The van der Waals surface area contributed by atoms with Crippen LogP contribution >= 0.6 is 0 Å². The van der Waals surface area contributed by atoms with Crippen molar-refractivity contribution in [2.24, 2.45) is 0 Å². The number of nitrogens with one attached hydrogen (secondary N) is 2. The lowest BCUT2D eigenvalue weighted by molar-refractivity contribution is 0.867. The van der Waals surface area contributed by atoms with E-state index in [2.05, 4.69) is 89.9 Å². The van der Waals surface area contributed by atoms with Crippen LogP contribution in [0.1, 0.15) is 50.7 Å². The van der Waals surface area contributed by atoms with Gasteiger partial charge in [-0.05, 0) is 47.2 Å². The Labute approximate surface area is 154 Å². The lowest BCUT2D eigenvalue weighted by Crippen LogP contribution is -2.02. The fourth-order valence-corrected chi connectivity index (χ4v) is 2.60. The van der Waals surface area contributed by atoms with E-state index < -0.39 is 0 Å². The average Bonchev–Trinajstić information content (AvgIpc) is 2.63. The summed E-state index contributed by atoms with van der Waals surface area (Å²) >= 11 is 0. The molecule has 3 aromatic rings. The Hall–Kier alpha value is -2.95. The number of rotatable bonds is 6. The van der Waals surface area contributed by atoms with Gasteiger partial charge in [-0.3, -0.25) is 0 Å². The summed E-state index contributed by atoms with van der Waals surface area (Å²) in [6, 6.07) is 16.6. The zero-order valence-corrected chi connectivity index (χ0v) is 15.7. The minimum absolute atomic E-state index is 0.464. The van der Waals surface area contributed by atoms with Gasteiger partial charge in [0.25, 0.3) is 0 Å². The van der Waals surface area contributed by atoms with Gasteiger partial charge in [-0.15, -0.1) is 5.10 Å². The van der Waals surface area contributed by atoms with Gasteiger partial charge in [-0.25, -0.2) is 0 Å². The van der Waals surface area contributed by atoms with Crippen molar-refractivity contribution < 1.29 is 0 Å². The van der Waals surface area contributed by atoms with E-state index in [9.17, 15) is 0 Å². The molecule has 0 aliphatic rings. The SMILES string of the molecule is CC(C)c1ccc(Nc2cnnc(Nc3ccc(C(C)C)cc3)n2)cc1. The summed E-state index contributed by atoms with van der Waals surface area (Å²) < 4.78 is 0. The molecule has 3 rings (SSSR count). The molecule has 0 radical (unpaired) electrons. The lowest BCUT2D eigenvalue weighted by Gasteiger charge is -2.10. The first-order chi connectivity index (χ1) is 12.5. The Bertz CT molecular complexity index is 770. The molecule has 0 aliphatic heterocycles. The zero-order valence-electron chi connectivity index (χ0n) is 15.7. The maximum absolute atomic E-state index is 4.48. The first-order valence-corrected chi connectivity index (χ1v) is 8.95. The van der Waals surface area contributed by atoms with Gasteiger partial charge in [-0.1, -0.05) is 52.0 Å². The molecule has 0 bridgehead atoms. The van der Waals surface area contributed by atoms with Crippen LogP contribution in [-0.4, -0.2) is 15.2 Å². The molecule has 5 nitrogen and oxygen atoms in total. The van der Waals surface area contributed by atoms with Crippen LogP contribution in [0.5, 0.6) is 0 Å². The molecule has 1 heterocycles. The Morgan fingerprint density at radius 3 is 1.69 bits per heavy atom. The first-order valence-electron chi connectivity index (χ1n) is 8.95. The third-order valence-electron chi connectivity index (χ3n) is 4.24. The molecular formula is C21H25N5. The summed E-state index contributed by atoms with van der Waals surface area (Å²) in [4.78, 5) is 4.48. The van der Waals surface area contributed by atoms with Crippen molar-refractivity contribution in [3.05, 3.63) is 65.9 Å². The first kappa shape index (κ1) is 17.9. The third-order valence-corrected chi connectivity index (χ3v) is 4.24. The van der Waals surface area contributed by atoms with Crippen LogP contribution < -0.4 is 10.6 Å². The number of hydrogen-bond acceptors (Lipinski definition) is 5. The second-order valence-corrected chi connectivity index (χ2v) is 6.97. The van der Waals surface area contributed by atoms with Gasteiger partial charge in [0.1, 0.15) is 0 Å². The fourth-order valence-electron chi connectivity index (χ4n) is 2.60. The van der Waals surface area contributed by atoms with E-state index in [-0.39, 0.29) is 0 Å². The van der Waals surface area contributed by atoms with Crippen molar-refractivity contribution >= 4 is 23.1 Å². The van der Waals surface area contributed by atoms with Gasteiger partial charge in [0.2, 0.25) is 5.95 Å². The number of anilines is 4. The van der Waals surface area contributed by atoms with Crippen molar-refractivity contribution in [1.82, 2.24) is 15.2 Å². The van der Waals surface area contributed by atoms with Gasteiger partial charge in [0.05, 0.1) is 6.20 Å². The number of benzene rings is 2. The Kier molecular flexibility index (Phi) is 5.46. The maximum Gasteiger partial charge on any atom is 0.249 e. The molecular weight excluding hydrogens is 322 g/mol. The van der Waals surface area contributed by atoms with E-state index in [0.29, 0.717) is 23.6 Å². The second-order valence-electron chi connectivity index (χ2n) is 6.97. The molecule has 0 saturated carbocycles. The van der Waals surface area contributed by atoms with E-state index in [1.54, 1.807) is 6.20 Å². The molecule has 5 heteroatoms. The van der Waals surface area contributed by atoms with Gasteiger partial charge < -0.3 is 10.6 Å². The molecule has 0 fully saturated rings. The fraction of sp³-hybridized carbons (Fsp3) is 0.286. The molecule has 134 valence electrons. The van der Waals surface area contributed by atoms with E-state index in [0.717, 1.165) is 11.4 Å². The summed E-state index contributed by atoms with van der Waals surface area (Å²) in [5.74, 6) is 2.14. The van der Waals surface area contributed by atoms with Crippen LogP contribution in [0.2, 0.25) is 0 Å². The molecule has 2 aromatic carbocycles. The highest BCUT2D eigenvalue weighted by Gasteiger charge is 2.04. The van der Waals surface area contributed by atoms with Crippen molar-refractivity contribution in [3.8, 4) is 0 Å². The molecule has 0 aliphatic carbocycles. The van der Waals surface area contributed by atoms with Gasteiger partial charge in [0, 0.05) is 11.4 Å². The Balaban J connectivity index is 1.69. The number of aromatic nitrogens is 3. The van der Waals surface area contributed by atoms with E-state index >= 15 is 0 Å². The summed E-state index contributed by atoms with van der Waals surface area (Å²) in [5, 5.41) is 14.6. The average molecular weight is 347 g/mol. The van der Waals surface area contributed by atoms with E-state index in [1.165, 1.54) is 11.1 Å². The summed E-state index contributed by atoms with van der Waals surface area (Å²) in [6.07, 6.45) is 1.61. The number of hydrogen-bond donors (Lipinski definition) is 2. The van der Waals surface area contributed by atoms with Gasteiger partial charge in [-0.2, -0.15) is 10.1 Å². The highest BCUT2D eigenvalue weighted by molar-refractivity contribution is 5.59. The lowest BCUT2D eigenvalue weighted by atomic mass is 10.0. The number of nitrogens with zero attached hydrogens (tertiary/aromatic N) is 3. The predicted octanol–water partition coefficient (Wildman–Crippen LogP) is 5.61. The van der Waals surface area contributed by atoms with Crippen molar-refractivity contribution in [3.63, 3.8) is 0 Å². The molecule has 0 saturated heterocycles. The Morgan fingerprint density at radius 1 is 0.692 bits per heavy atom. The van der Waals surface area contributed by atoms with Gasteiger partial charge >= 0.3 is 0 Å². The smallest absolute Gasteiger partial charge is 0.249 e. The molecule has 26 heavy (non-hydrogen) atoms. The quantitative estimate of drug-likeness (QED) is 0.607. The summed E-state index contributed by atoms with van der Waals surface area (Å²) in [6.45, 7) is 8.72. The van der Waals surface area contributed by atoms with Crippen LogP contribution in [0.25, 0.3) is 0 Å². The van der Waals surface area contributed by atoms with Crippen molar-refractivity contribution in [2.75, 3.05) is 10.6 Å². The highest BCUT2D eigenvalue weighted by Crippen LogP contribution is 2.21. The van der Waals surface area contributed by atoms with Gasteiger partial charge in [0.15, 0.2) is 5.82 Å². The molecule has 0 spiro atoms. The molecule has 0 amide bonds. The second kappa shape index (κ2) is 7.95. The van der Waals surface area contributed by atoms with Crippen molar-refractivity contribution in [2.45, 2.75) is 39.5 Å². The topological polar surface area (TPSA) is 62.7 Å². The Morgan fingerprint density at radius 2 is 1.19 bits per heavy atom. The van der Waals surface area contributed by atoms with Crippen LogP contribution in [0.3, 0.4) is 0 Å². The largest absolute Gasteiger partial charge is 0.339 e. The van der Waals surface area contributed by atoms with Crippen LogP contribution in [0.15, 0.2) is 54.7 Å². The summed E-state index contributed by atoms with van der Waals surface area (Å²) in [7, 11) is 0. The van der Waals surface area contributed by atoms with Crippen LogP contribution in [0.4, 0.5) is 23.1 Å². The monoisotopic (exact) mass is 347 g/mol. The van der Waals surface area contributed by atoms with Crippen LogP contribution in [-0.2, 0) is 0 Å². The minimum Gasteiger partial charge on any atom is -0.339 e. The van der Waals surface area contributed by atoms with E-state index in [1.807, 2.05) is 12.1 Å². The molecule has 1 aromatic heterocycles.